The number of nitrogens with one attached hydrogen (secondary N) is 1. The third-order valence-electron chi connectivity index (χ3n) is 2.89. The lowest BCUT2D eigenvalue weighted by Crippen LogP contribution is -2.19. The van der Waals surface area contributed by atoms with Gasteiger partial charge in [0.25, 0.3) is 0 Å². The van der Waals surface area contributed by atoms with Gasteiger partial charge in [0.15, 0.2) is 0 Å². The summed E-state index contributed by atoms with van der Waals surface area (Å²) in [6, 6.07) is 0. The molecule has 2 aliphatic heterocycles. The summed E-state index contributed by atoms with van der Waals surface area (Å²) in [5.41, 5.74) is 4.53. The van der Waals surface area contributed by atoms with Crippen molar-refractivity contribution >= 4 is 11.8 Å². The predicted molar refractivity (Wildman–Crippen MR) is 57.3 cm³/mol. The SMILES string of the molecule is C1=CC2=C(CC1)NC1=C(C2)SCC1. The minimum Gasteiger partial charge on any atom is -0.361 e. The second-order valence-corrected chi connectivity index (χ2v) is 4.94. The summed E-state index contributed by atoms with van der Waals surface area (Å²) >= 11 is 2.03. The van der Waals surface area contributed by atoms with Crippen LogP contribution in [0.3, 0.4) is 0 Å². The second kappa shape index (κ2) is 2.95. The van der Waals surface area contributed by atoms with Gasteiger partial charge < -0.3 is 5.32 Å². The number of hydrogen-bond donors (Lipinski definition) is 1. The van der Waals surface area contributed by atoms with Crippen LogP contribution in [-0.4, -0.2) is 5.75 Å². The van der Waals surface area contributed by atoms with Gasteiger partial charge in [-0.05, 0) is 24.8 Å². The van der Waals surface area contributed by atoms with Gasteiger partial charge in [-0.25, -0.2) is 0 Å². The average Bonchev–Trinajstić information content (AvgIpc) is 2.61. The molecule has 2 heteroatoms. The van der Waals surface area contributed by atoms with E-state index in [9.17, 15) is 0 Å². The second-order valence-electron chi connectivity index (χ2n) is 3.75. The zero-order valence-electron chi connectivity index (χ0n) is 7.60. The molecule has 0 spiro atoms. The maximum absolute atomic E-state index is 3.60. The molecule has 0 unspecified atom stereocenters. The van der Waals surface area contributed by atoms with Gasteiger partial charge in [0.05, 0.1) is 0 Å². The zero-order chi connectivity index (χ0) is 8.67. The zero-order valence-corrected chi connectivity index (χ0v) is 8.41. The maximum Gasteiger partial charge on any atom is 0.0257 e. The number of hydrogen-bond acceptors (Lipinski definition) is 2. The Balaban J connectivity index is 1.91. The minimum absolute atomic E-state index is 1.19. The number of dihydropyridines is 1. The van der Waals surface area contributed by atoms with E-state index in [0.717, 1.165) is 0 Å². The van der Waals surface area contributed by atoms with Gasteiger partial charge >= 0.3 is 0 Å². The number of allylic oxidation sites excluding steroid dienone is 6. The highest BCUT2D eigenvalue weighted by Gasteiger charge is 2.23. The van der Waals surface area contributed by atoms with Crippen molar-refractivity contribution in [1.29, 1.82) is 0 Å². The van der Waals surface area contributed by atoms with Crippen LogP contribution in [0.1, 0.15) is 25.7 Å². The summed E-state index contributed by atoms with van der Waals surface area (Å²) < 4.78 is 0. The van der Waals surface area contributed by atoms with Crippen molar-refractivity contribution in [2.75, 3.05) is 5.75 Å². The van der Waals surface area contributed by atoms with Gasteiger partial charge in [0.1, 0.15) is 0 Å². The van der Waals surface area contributed by atoms with E-state index in [1.54, 1.807) is 4.91 Å². The smallest absolute Gasteiger partial charge is 0.0257 e. The van der Waals surface area contributed by atoms with E-state index in [1.807, 2.05) is 11.8 Å². The third-order valence-corrected chi connectivity index (χ3v) is 4.03. The lowest BCUT2D eigenvalue weighted by atomic mass is 9.97. The lowest BCUT2D eigenvalue weighted by Gasteiger charge is -2.24. The molecule has 1 aliphatic carbocycles. The maximum atomic E-state index is 3.60. The van der Waals surface area contributed by atoms with Crippen LogP contribution < -0.4 is 5.32 Å². The van der Waals surface area contributed by atoms with Crippen LogP contribution >= 0.6 is 11.8 Å². The lowest BCUT2D eigenvalue weighted by molar-refractivity contribution is 0.766. The fourth-order valence-corrected chi connectivity index (χ4v) is 3.31. The van der Waals surface area contributed by atoms with Crippen molar-refractivity contribution in [3.05, 3.63) is 34.0 Å². The van der Waals surface area contributed by atoms with Gasteiger partial charge in [0, 0.05) is 28.5 Å². The largest absolute Gasteiger partial charge is 0.361 e. The van der Waals surface area contributed by atoms with Crippen LogP contribution in [0.5, 0.6) is 0 Å². The van der Waals surface area contributed by atoms with Gasteiger partial charge in [-0.15, -0.1) is 11.8 Å². The molecule has 0 bridgehead atoms. The first kappa shape index (κ1) is 7.74. The van der Waals surface area contributed by atoms with Gasteiger partial charge in [-0.1, -0.05) is 12.2 Å². The molecule has 0 aromatic heterocycles. The van der Waals surface area contributed by atoms with E-state index in [-0.39, 0.29) is 0 Å². The first-order valence-corrected chi connectivity index (χ1v) is 5.92. The van der Waals surface area contributed by atoms with Crippen molar-refractivity contribution in [3.8, 4) is 0 Å². The van der Waals surface area contributed by atoms with E-state index < -0.39 is 0 Å². The van der Waals surface area contributed by atoms with Crippen molar-refractivity contribution in [2.24, 2.45) is 0 Å². The van der Waals surface area contributed by atoms with E-state index >= 15 is 0 Å². The summed E-state index contributed by atoms with van der Waals surface area (Å²) in [4.78, 5) is 1.59. The molecular weight excluding hydrogens is 178 g/mol. The molecule has 3 rings (SSSR count). The molecule has 0 aromatic rings. The van der Waals surface area contributed by atoms with Crippen LogP contribution in [0.25, 0.3) is 0 Å². The molecular formula is C11H13NS. The van der Waals surface area contributed by atoms with Crippen LogP contribution in [-0.2, 0) is 0 Å². The molecule has 0 saturated carbocycles. The van der Waals surface area contributed by atoms with Crippen molar-refractivity contribution < 1.29 is 0 Å². The first-order valence-electron chi connectivity index (χ1n) is 4.94. The Labute approximate surface area is 83.0 Å². The molecule has 13 heavy (non-hydrogen) atoms. The van der Waals surface area contributed by atoms with Gasteiger partial charge in [0.2, 0.25) is 0 Å². The topological polar surface area (TPSA) is 12.0 Å². The van der Waals surface area contributed by atoms with E-state index in [0.29, 0.717) is 0 Å². The number of rotatable bonds is 0. The van der Waals surface area contributed by atoms with E-state index in [1.165, 1.54) is 48.4 Å². The van der Waals surface area contributed by atoms with Crippen LogP contribution in [0, 0.1) is 0 Å². The standard InChI is InChI=1S/C11H13NS/c1-2-4-9-8(3-1)7-11-10(12-9)5-6-13-11/h1,3,12H,2,4-7H2. The summed E-state index contributed by atoms with van der Waals surface area (Å²) in [7, 11) is 0. The molecule has 0 radical (unpaired) electrons. The normalized spacial score (nSPS) is 25.8. The predicted octanol–water partition coefficient (Wildman–Crippen LogP) is 2.93. The molecule has 1 nitrogen and oxygen atoms in total. The Morgan fingerprint density at radius 1 is 1.23 bits per heavy atom. The molecule has 0 amide bonds. The molecule has 3 aliphatic rings. The monoisotopic (exact) mass is 191 g/mol. The number of thioether (sulfide) groups is 1. The first-order chi connectivity index (χ1) is 6.43. The Morgan fingerprint density at radius 2 is 2.23 bits per heavy atom. The fraction of sp³-hybridized carbons (Fsp3) is 0.455. The van der Waals surface area contributed by atoms with E-state index in [2.05, 4.69) is 17.5 Å². The highest BCUT2D eigenvalue weighted by Crippen LogP contribution is 2.40. The average molecular weight is 191 g/mol. The Kier molecular flexibility index (Phi) is 1.76. The third kappa shape index (κ3) is 1.24. The van der Waals surface area contributed by atoms with Gasteiger partial charge in [-0.2, -0.15) is 0 Å². The molecule has 68 valence electrons. The van der Waals surface area contributed by atoms with Gasteiger partial charge in [-0.3, -0.25) is 0 Å². The molecule has 0 saturated heterocycles. The summed E-state index contributed by atoms with van der Waals surface area (Å²) in [5.74, 6) is 1.28. The Bertz CT molecular complexity index is 336. The molecule has 1 N–H and O–H groups in total. The fourth-order valence-electron chi connectivity index (χ4n) is 2.17. The molecule has 2 heterocycles. The van der Waals surface area contributed by atoms with Crippen LogP contribution in [0.2, 0.25) is 0 Å². The summed E-state index contributed by atoms with van der Waals surface area (Å²) in [5, 5.41) is 3.60. The van der Waals surface area contributed by atoms with Crippen molar-refractivity contribution in [3.63, 3.8) is 0 Å². The van der Waals surface area contributed by atoms with Crippen molar-refractivity contribution in [2.45, 2.75) is 25.7 Å². The van der Waals surface area contributed by atoms with Crippen LogP contribution in [0.15, 0.2) is 34.0 Å². The Hall–Kier alpha value is -0.630. The summed E-state index contributed by atoms with van der Waals surface area (Å²) in [6.45, 7) is 0. The molecule has 0 aromatic carbocycles. The van der Waals surface area contributed by atoms with E-state index in [4.69, 9.17) is 0 Å². The summed E-state index contributed by atoms with van der Waals surface area (Å²) in [6.07, 6.45) is 9.47. The van der Waals surface area contributed by atoms with Crippen LogP contribution in [0.4, 0.5) is 0 Å². The highest BCUT2D eigenvalue weighted by atomic mass is 32.2. The van der Waals surface area contributed by atoms with Crippen molar-refractivity contribution in [1.82, 2.24) is 5.32 Å². The highest BCUT2D eigenvalue weighted by molar-refractivity contribution is 8.03. The molecule has 0 atom stereocenters. The quantitative estimate of drug-likeness (QED) is 0.632. The molecule has 0 fully saturated rings. The Morgan fingerprint density at radius 3 is 3.23 bits per heavy atom. The minimum atomic E-state index is 1.19.